The van der Waals surface area contributed by atoms with Gasteiger partial charge in [0.2, 0.25) is 0 Å². The molecular formula is C18H17N3O2. The number of carbonyl (C=O) groups is 1. The molecule has 0 fully saturated rings. The third-order valence-electron chi connectivity index (χ3n) is 3.45. The van der Waals surface area contributed by atoms with Crippen molar-refractivity contribution in [2.24, 2.45) is 7.05 Å². The van der Waals surface area contributed by atoms with Crippen molar-refractivity contribution in [3.05, 3.63) is 72.1 Å². The summed E-state index contributed by atoms with van der Waals surface area (Å²) in [5.74, 6) is 1.03. The number of aryl methyl sites for hydroxylation is 2. The monoisotopic (exact) mass is 307 g/mol. The van der Waals surface area contributed by atoms with Crippen LogP contribution in [0.3, 0.4) is 0 Å². The van der Waals surface area contributed by atoms with Gasteiger partial charge in [-0.3, -0.25) is 9.48 Å². The van der Waals surface area contributed by atoms with Gasteiger partial charge in [-0.2, -0.15) is 5.10 Å². The number of nitrogens with one attached hydrogen (secondary N) is 1. The van der Waals surface area contributed by atoms with Crippen LogP contribution in [0.4, 0.5) is 5.69 Å². The minimum absolute atomic E-state index is 0.266. The predicted octanol–water partition coefficient (Wildman–Crippen LogP) is 3.77. The van der Waals surface area contributed by atoms with E-state index in [4.69, 9.17) is 4.74 Å². The van der Waals surface area contributed by atoms with Crippen molar-refractivity contribution < 1.29 is 9.53 Å². The molecule has 0 aliphatic carbocycles. The van der Waals surface area contributed by atoms with E-state index in [9.17, 15) is 4.79 Å². The Morgan fingerprint density at radius 2 is 1.78 bits per heavy atom. The SMILES string of the molecule is Cc1cc(C(=O)Nc2ccccc2Oc2ccccc2)nn1C. The molecule has 0 atom stereocenters. The first-order chi connectivity index (χ1) is 11.1. The topological polar surface area (TPSA) is 56.1 Å². The summed E-state index contributed by atoms with van der Waals surface area (Å²) in [6.07, 6.45) is 0. The second-order valence-electron chi connectivity index (χ2n) is 5.16. The lowest BCUT2D eigenvalue weighted by Crippen LogP contribution is -2.13. The molecule has 5 nitrogen and oxygen atoms in total. The highest BCUT2D eigenvalue weighted by molar-refractivity contribution is 6.03. The number of hydrogen-bond acceptors (Lipinski definition) is 3. The molecule has 1 aromatic heterocycles. The summed E-state index contributed by atoms with van der Waals surface area (Å²) < 4.78 is 7.50. The minimum Gasteiger partial charge on any atom is -0.455 e. The number of anilines is 1. The average molecular weight is 307 g/mol. The van der Waals surface area contributed by atoms with Crippen LogP contribution in [0.5, 0.6) is 11.5 Å². The summed E-state index contributed by atoms with van der Waals surface area (Å²) >= 11 is 0. The highest BCUT2D eigenvalue weighted by atomic mass is 16.5. The quantitative estimate of drug-likeness (QED) is 0.798. The summed E-state index contributed by atoms with van der Waals surface area (Å²) in [4.78, 5) is 12.3. The van der Waals surface area contributed by atoms with E-state index in [1.165, 1.54) is 0 Å². The van der Waals surface area contributed by atoms with Gasteiger partial charge in [-0.1, -0.05) is 30.3 Å². The molecule has 3 aromatic rings. The van der Waals surface area contributed by atoms with Gasteiger partial charge in [0.1, 0.15) is 5.75 Å². The van der Waals surface area contributed by atoms with Crippen molar-refractivity contribution in [3.63, 3.8) is 0 Å². The van der Waals surface area contributed by atoms with E-state index in [0.29, 0.717) is 22.9 Å². The van der Waals surface area contributed by atoms with Crippen LogP contribution in [-0.2, 0) is 7.05 Å². The zero-order valence-corrected chi connectivity index (χ0v) is 13.0. The van der Waals surface area contributed by atoms with Crippen molar-refractivity contribution in [2.75, 3.05) is 5.32 Å². The van der Waals surface area contributed by atoms with Gasteiger partial charge in [-0.15, -0.1) is 0 Å². The Morgan fingerprint density at radius 1 is 1.09 bits per heavy atom. The van der Waals surface area contributed by atoms with E-state index < -0.39 is 0 Å². The Morgan fingerprint density at radius 3 is 2.48 bits per heavy atom. The first-order valence-corrected chi connectivity index (χ1v) is 7.27. The molecule has 23 heavy (non-hydrogen) atoms. The Balaban J connectivity index is 1.81. The molecule has 0 aliphatic heterocycles. The highest BCUT2D eigenvalue weighted by Crippen LogP contribution is 2.29. The molecule has 3 rings (SSSR count). The third-order valence-corrected chi connectivity index (χ3v) is 3.45. The Labute approximate surface area is 134 Å². The zero-order chi connectivity index (χ0) is 16.2. The molecule has 0 unspecified atom stereocenters. The van der Waals surface area contributed by atoms with E-state index in [2.05, 4.69) is 10.4 Å². The smallest absolute Gasteiger partial charge is 0.276 e. The van der Waals surface area contributed by atoms with Crippen LogP contribution in [0.2, 0.25) is 0 Å². The van der Waals surface area contributed by atoms with Gasteiger partial charge >= 0.3 is 0 Å². The molecule has 0 saturated carbocycles. The van der Waals surface area contributed by atoms with Crippen molar-refractivity contribution in [1.82, 2.24) is 9.78 Å². The molecule has 5 heteroatoms. The second-order valence-corrected chi connectivity index (χ2v) is 5.16. The number of amides is 1. The standard InChI is InChI=1S/C18H17N3O2/c1-13-12-16(20-21(13)2)18(22)19-15-10-6-7-11-17(15)23-14-8-4-3-5-9-14/h3-12H,1-2H3,(H,19,22). The van der Waals surface area contributed by atoms with E-state index >= 15 is 0 Å². The maximum absolute atomic E-state index is 12.3. The molecule has 116 valence electrons. The zero-order valence-electron chi connectivity index (χ0n) is 13.0. The summed E-state index contributed by atoms with van der Waals surface area (Å²) in [5, 5.41) is 7.03. The first kappa shape index (κ1) is 14.8. The Hall–Kier alpha value is -3.08. The van der Waals surface area contributed by atoms with Crippen LogP contribution in [0.15, 0.2) is 60.7 Å². The number of nitrogens with zero attached hydrogens (tertiary/aromatic N) is 2. The van der Waals surface area contributed by atoms with E-state index in [1.54, 1.807) is 23.9 Å². The third kappa shape index (κ3) is 3.40. The Kier molecular flexibility index (Phi) is 4.10. The molecular weight excluding hydrogens is 290 g/mol. The maximum atomic E-state index is 12.3. The van der Waals surface area contributed by atoms with E-state index in [0.717, 1.165) is 5.69 Å². The summed E-state index contributed by atoms with van der Waals surface area (Å²) in [6.45, 7) is 1.90. The van der Waals surface area contributed by atoms with Crippen molar-refractivity contribution in [3.8, 4) is 11.5 Å². The molecule has 2 aromatic carbocycles. The fourth-order valence-corrected chi connectivity index (χ4v) is 2.13. The van der Waals surface area contributed by atoms with Gasteiger partial charge in [0, 0.05) is 12.7 Å². The lowest BCUT2D eigenvalue weighted by molar-refractivity contribution is 0.102. The number of hydrogen-bond donors (Lipinski definition) is 1. The fraction of sp³-hybridized carbons (Fsp3) is 0.111. The van der Waals surface area contributed by atoms with Gasteiger partial charge in [-0.25, -0.2) is 0 Å². The van der Waals surface area contributed by atoms with Crippen LogP contribution in [0.25, 0.3) is 0 Å². The number of carbonyl (C=O) groups excluding carboxylic acids is 1. The second kappa shape index (κ2) is 6.36. The van der Waals surface area contributed by atoms with Crippen LogP contribution < -0.4 is 10.1 Å². The van der Waals surface area contributed by atoms with Crippen LogP contribution >= 0.6 is 0 Å². The van der Waals surface area contributed by atoms with Gasteiger partial charge in [0.15, 0.2) is 11.4 Å². The van der Waals surface area contributed by atoms with Gasteiger partial charge in [-0.05, 0) is 37.3 Å². The van der Waals surface area contributed by atoms with Crippen LogP contribution in [0.1, 0.15) is 16.2 Å². The average Bonchev–Trinajstić information content (AvgIpc) is 2.90. The molecule has 0 spiro atoms. The van der Waals surface area contributed by atoms with Crippen molar-refractivity contribution in [2.45, 2.75) is 6.92 Å². The molecule has 1 N–H and O–H groups in total. The highest BCUT2D eigenvalue weighted by Gasteiger charge is 2.13. The fourth-order valence-electron chi connectivity index (χ4n) is 2.13. The number of aromatic nitrogens is 2. The lowest BCUT2D eigenvalue weighted by Gasteiger charge is -2.11. The molecule has 0 radical (unpaired) electrons. The normalized spacial score (nSPS) is 10.3. The van der Waals surface area contributed by atoms with Crippen LogP contribution in [0, 0.1) is 6.92 Å². The van der Waals surface area contributed by atoms with Gasteiger partial charge in [0.05, 0.1) is 5.69 Å². The Bertz CT molecular complexity index is 806. The van der Waals surface area contributed by atoms with Crippen LogP contribution in [-0.4, -0.2) is 15.7 Å². The summed E-state index contributed by atoms with van der Waals surface area (Å²) in [7, 11) is 1.80. The number of ether oxygens (including phenoxy) is 1. The lowest BCUT2D eigenvalue weighted by atomic mass is 10.2. The van der Waals surface area contributed by atoms with Crippen molar-refractivity contribution >= 4 is 11.6 Å². The molecule has 1 amide bonds. The predicted molar refractivity (Wildman–Crippen MR) is 88.9 cm³/mol. The largest absolute Gasteiger partial charge is 0.455 e. The maximum Gasteiger partial charge on any atom is 0.276 e. The first-order valence-electron chi connectivity index (χ1n) is 7.27. The summed E-state index contributed by atoms with van der Waals surface area (Å²) in [6, 6.07) is 18.5. The molecule has 1 heterocycles. The van der Waals surface area contributed by atoms with Gasteiger partial charge < -0.3 is 10.1 Å². The van der Waals surface area contributed by atoms with Gasteiger partial charge in [0.25, 0.3) is 5.91 Å². The molecule has 0 saturated heterocycles. The summed E-state index contributed by atoms with van der Waals surface area (Å²) in [5.41, 5.74) is 1.90. The van der Waals surface area contributed by atoms with Crippen molar-refractivity contribution in [1.29, 1.82) is 0 Å². The van der Waals surface area contributed by atoms with E-state index in [-0.39, 0.29) is 5.91 Å². The number of benzene rings is 2. The molecule has 0 aliphatic rings. The minimum atomic E-state index is -0.266. The number of para-hydroxylation sites is 3. The molecule has 0 bridgehead atoms. The number of rotatable bonds is 4. The van der Waals surface area contributed by atoms with E-state index in [1.807, 2.05) is 55.5 Å².